The number of methoxy groups -OCH3 is 1. The fourth-order valence-corrected chi connectivity index (χ4v) is 3.01. The molecular weight excluding hydrogens is 290 g/mol. The zero-order chi connectivity index (χ0) is 16.2. The summed E-state index contributed by atoms with van der Waals surface area (Å²) in [6.45, 7) is 0.464. The fourth-order valence-electron chi connectivity index (χ4n) is 3.01. The Morgan fingerprint density at radius 2 is 1.83 bits per heavy atom. The summed E-state index contributed by atoms with van der Waals surface area (Å²) in [4.78, 5) is 26.8. The van der Waals surface area contributed by atoms with Gasteiger partial charge < -0.3 is 9.64 Å². The SMILES string of the molecule is COc1ccccc1C(=O)[C@@H]1CCC(=O)N1Cc1ccccc1. The Hall–Kier alpha value is -2.62. The first-order chi connectivity index (χ1) is 11.2. The number of rotatable bonds is 5. The summed E-state index contributed by atoms with van der Waals surface area (Å²) < 4.78 is 5.28. The number of ether oxygens (including phenoxy) is 1. The quantitative estimate of drug-likeness (QED) is 0.797. The summed E-state index contributed by atoms with van der Waals surface area (Å²) in [6.07, 6.45) is 0.973. The zero-order valence-electron chi connectivity index (χ0n) is 13.1. The highest BCUT2D eigenvalue weighted by molar-refractivity contribution is 6.05. The molecule has 2 aromatic carbocycles. The molecule has 3 rings (SSSR count). The maximum absolute atomic E-state index is 12.9. The van der Waals surface area contributed by atoms with E-state index in [2.05, 4.69) is 0 Å². The van der Waals surface area contributed by atoms with Gasteiger partial charge in [-0.1, -0.05) is 42.5 Å². The van der Waals surface area contributed by atoms with Gasteiger partial charge in [0.25, 0.3) is 0 Å². The van der Waals surface area contributed by atoms with Crippen LogP contribution >= 0.6 is 0 Å². The molecule has 0 unspecified atom stereocenters. The van der Waals surface area contributed by atoms with E-state index in [1.165, 1.54) is 0 Å². The molecule has 4 heteroatoms. The molecule has 1 aliphatic heterocycles. The topological polar surface area (TPSA) is 46.6 Å². The van der Waals surface area contributed by atoms with Crippen molar-refractivity contribution in [2.45, 2.75) is 25.4 Å². The van der Waals surface area contributed by atoms with Crippen molar-refractivity contribution in [3.63, 3.8) is 0 Å². The van der Waals surface area contributed by atoms with Crippen molar-refractivity contribution in [3.8, 4) is 5.75 Å². The molecule has 0 spiro atoms. The van der Waals surface area contributed by atoms with Gasteiger partial charge in [-0.2, -0.15) is 0 Å². The highest BCUT2D eigenvalue weighted by Gasteiger charge is 2.37. The van der Waals surface area contributed by atoms with Crippen LogP contribution in [0.3, 0.4) is 0 Å². The third-order valence-corrected chi connectivity index (χ3v) is 4.20. The van der Waals surface area contributed by atoms with E-state index in [0.717, 1.165) is 5.56 Å². The Morgan fingerprint density at radius 1 is 1.13 bits per heavy atom. The highest BCUT2D eigenvalue weighted by Crippen LogP contribution is 2.28. The Kier molecular flexibility index (Phi) is 4.42. The van der Waals surface area contributed by atoms with Crippen LogP contribution in [0.5, 0.6) is 5.75 Å². The van der Waals surface area contributed by atoms with E-state index in [9.17, 15) is 9.59 Å². The number of hydrogen-bond acceptors (Lipinski definition) is 3. The van der Waals surface area contributed by atoms with Crippen LogP contribution in [-0.2, 0) is 11.3 Å². The van der Waals surface area contributed by atoms with Gasteiger partial charge in [0.2, 0.25) is 5.91 Å². The minimum Gasteiger partial charge on any atom is -0.496 e. The lowest BCUT2D eigenvalue weighted by molar-refractivity contribution is -0.129. The van der Waals surface area contributed by atoms with Crippen molar-refractivity contribution in [1.29, 1.82) is 0 Å². The summed E-state index contributed by atoms with van der Waals surface area (Å²) in [5.74, 6) is 0.530. The molecule has 0 saturated carbocycles. The summed E-state index contributed by atoms with van der Waals surface area (Å²) in [7, 11) is 1.55. The average molecular weight is 309 g/mol. The van der Waals surface area contributed by atoms with Gasteiger partial charge in [-0.05, 0) is 24.1 Å². The first-order valence-electron chi connectivity index (χ1n) is 7.71. The van der Waals surface area contributed by atoms with Crippen molar-refractivity contribution in [1.82, 2.24) is 4.90 Å². The fraction of sp³-hybridized carbons (Fsp3) is 0.263. The number of likely N-dealkylation sites (tertiary alicyclic amines) is 1. The Bertz CT molecular complexity index is 712. The molecule has 1 atom stereocenters. The molecule has 0 aromatic heterocycles. The van der Waals surface area contributed by atoms with E-state index < -0.39 is 6.04 Å². The standard InChI is InChI=1S/C19H19NO3/c1-23-17-10-6-5-9-15(17)19(22)16-11-12-18(21)20(16)13-14-7-3-2-4-8-14/h2-10,16H,11-13H2,1H3/t16-/m0/s1. The van der Waals surface area contributed by atoms with E-state index >= 15 is 0 Å². The number of nitrogens with zero attached hydrogens (tertiary/aromatic N) is 1. The van der Waals surface area contributed by atoms with Crippen LogP contribution in [-0.4, -0.2) is 29.7 Å². The van der Waals surface area contributed by atoms with E-state index in [0.29, 0.717) is 30.7 Å². The molecule has 23 heavy (non-hydrogen) atoms. The second-order valence-corrected chi connectivity index (χ2v) is 5.63. The van der Waals surface area contributed by atoms with Crippen molar-refractivity contribution < 1.29 is 14.3 Å². The monoisotopic (exact) mass is 309 g/mol. The van der Waals surface area contributed by atoms with Gasteiger partial charge in [-0.15, -0.1) is 0 Å². The normalized spacial score (nSPS) is 17.3. The number of Topliss-reactive ketones (excluding diaryl/α,β-unsaturated/α-hetero) is 1. The van der Waals surface area contributed by atoms with Crippen LogP contribution in [0.15, 0.2) is 54.6 Å². The van der Waals surface area contributed by atoms with Gasteiger partial charge in [0.05, 0.1) is 18.7 Å². The molecule has 1 fully saturated rings. The molecular formula is C19H19NO3. The molecule has 0 radical (unpaired) electrons. The largest absolute Gasteiger partial charge is 0.496 e. The first kappa shape index (κ1) is 15.3. The minimum absolute atomic E-state index is 0.0297. The van der Waals surface area contributed by atoms with Crippen molar-refractivity contribution in [2.24, 2.45) is 0 Å². The first-order valence-corrected chi connectivity index (χ1v) is 7.71. The number of para-hydroxylation sites is 1. The van der Waals surface area contributed by atoms with Crippen LogP contribution < -0.4 is 4.74 Å². The lowest BCUT2D eigenvalue weighted by atomic mass is 10.0. The molecule has 4 nitrogen and oxygen atoms in total. The van der Waals surface area contributed by atoms with Crippen LogP contribution in [0.1, 0.15) is 28.8 Å². The van der Waals surface area contributed by atoms with E-state index in [1.54, 1.807) is 24.1 Å². The summed E-state index contributed by atoms with van der Waals surface area (Å²) in [6, 6.07) is 16.5. The minimum atomic E-state index is -0.418. The summed E-state index contributed by atoms with van der Waals surface area (Å²) in [5, 5.41) is 0. The van der Waals surface area contributed by atoms with Crippen LogP contribution in [0.2, 0.25) is 0 Å². The predicted octanol–water partition coefficient (Wildman–Crippen LogP) is 3.07. The smallest absolute Gasteiger partial charge is 0.223 e. The van der Waals surface area contributed by atoms with Gasteiger partial charge in [0, 0.05) is 13.0 Å². The van der Waals surface area contributed by atoms with Crippen LogP contribution in [0.25, 0.3) is 0 Å². The van der Waals surface area contributed by atoms with Crippen molar-refractivity contribution >= 4 is 11.7 Å². The number of hydrogen-bond donors (Lipinski definition) is 0. The number of benzene rings is 2. The zero-order valence-corrected chi connectivity index (χ0v) is 13.1. The predicted molar refractivity (Wildman–Crippen MR) is 87.3 cm³/mol. The summed E-state index contributed by atoms with van der Waals surface area (Å²) >= 11 is 0. The maximum Gasteiger partial charge on any atom is 0.223 e. The van der Waals surface area contributed by atoms with E-state index in [-0.39, 0.29) is 11.7 Å². The van der Waals surface area contributed by atoms with Crippen LogP contribution in [0.4, 0.5) is 0 Å². The summed E-state index contributed by atoms with van der Waals surface area (Å²) in [5.41, 5.74) is 1.56. The molecule has 2 aromatic rings. The molecule has 0 aliphatic carbocycles. The van der Waals surface area contributed by atoms with E-state index in [1.807, 2.05) is 42.5 Å². The third-order valence-electron chi connectivity index (χ3n) is 4.20. The number of ketones is 1. The van der Waals surface area contributed by atoms with Gasteiger partial charge in [0.1, 0.15) is 5.75 Å². The molecule has 1 heterocycles. The molecule has 0 N–H and O–H groups in total. The molecule has 1 amide bonds. The van der Waals surface area contributed by atoms with Gasteiger partial charge >= 0.3 is 0 Å². The molecule has 1 saturated heterocycles. The number of carbonyl (C=O) groups excluding carboxylic acids is 2. The number of amides is 1. The maximum atomic E-state index is 12.9. The lowest BCUT2D eigenvalue weighted by Gasteiger charge is -2.24. The molecule has 118 valence electrons. The second-order valence-electron chi connectivity index (χ2n) is 5.63. The van der Waals surface area contributed by atoms with Crippen molar-refractivity contribution in [3.05, 3.63) is 65.7 Å². The van der Waals surface area contributed by atoms with Crippen LogP contribution in [0, 0.1) is 0 Å². The molecule has 0 bridgehead atoms. The molecule has 1 aliphatic rings. The third kappa shape index (κ3) is 3.11. The van der Waals surface area contributed by atoms with Gasteiger partial charge in [-0.25, -0.2) is 0 Å². The van der Waals surface area contributed by atoms with Crippen molar-refractivity contribution in [2.75, 3.05) is 7.11 Å². The highest BCUT2D eigenvalue weighted by atomic mass is 16.5. The Morgan fingerprint density at radius 3 is 2.57 bits per heavy atom. The lowest BCUT2D eigenvalue weighted by Crippen LogP contribution is -2.38. The van der Waals surface area contributed by atoms with Gasteiger partial charge in [0.15, 0.2) is 5.78 Å². The average Bonchev–Trinajstić information content (AvgIpc) is 2.96. The van der Waals surface area contributed by atoms with E-state index in [4.69, 9.17) is 4.74 Å². The Balaban J connectivity index is 1.85. The van der Waals surface area contributed by atoms with Gasteiger partial charge in [-0.3, -0.25) is 9.59 Å². The Labute approximate surface area is 135 Å². The second kappa shape index (κ2) is 6.65. The number of carbonyl (C=O) groups is 2.